The first-order chi connectivity index (χ1) is 11.8. The van der Waals surface area contributed by atoms with Gasteiger partial charge in [-0.05, 0) is 32.9 Å². The maximum atomic E-state index is 12.4. The van der Waals surface area contributed by atoms with Gasteiger partial charge in [0.25, 0.3) is 5.56 Å². The van der Waals surface area contributed by atoms with Gasteiger partial charge in [-0.1, -0.05) is 5.21 Å². The molecule has 3 aromatic rings. The van der Waals surface area contributed by atoms with Crippen molar-refractivity contribution in [3.05, 3.63) is 47.3 Å². The largest absolute Gasteiger partial charge is 0.514 e. The van der Waals surface area contributed by atoms with Crippen molar-refractivity contribution in [1.82, 2.24) is 29.8 Å². The van der Waals surface area contributed by atoms with Gasteiger partial charge in [0.15, 0.2) is 17.3 Å². The summed E-state index contributed by atoms with van der Waals surface area (Å²) in [7, 11) is 0. The first-order valence-corrected chi connectivity index (χ1v) is 7.38. The molecule has 0 bridgehead atoms. The number of hydrogen-bond donors (Lipinski definition) is 1. The molecule has 0 aliphatic carbocycles. The quantitative estimate of drug-likeness (QED) is 0.689. The van der Waals surface area contributed by atoms with Gasteiger partial charge in [-0.25, -0.2) is 14.5 Å². The van der Waals surface area contributed by atoms with Gasteiger partial charge >= 0.3 is 6.16 Å². The Bertz CT molecular complexity index is 924. The molecule has 0 spiro atoms. The molecule has 0 amide bonds. The van der Waals surface area contributed by atoms with E-state index in [-0.39, 0.29) is 23.7 Å². The topological polar surface area (TPSA) is 117 Å². The van der Waals surface area contributed by atoms with Crippen molar-refractivity contribution in [1.29, 1.82) is 0 Å². The zero-order valence-corrected chi connectivity index (χ0v) is 15.1. The minimum Gasteiger partial charge on any atom is -0.428 e. The maximum absolute atomic E-state index is 12.4. The van der Waals surface area contributed by atoms with E-state index < -0.39 is 11.8 Å². The number of rotatable bonds is 3. The van der Waals surface area contributed by atoms with Crippen LogP contribution in [0.1, 0.15) is 20.8 Å². The number of nitrogens with zero attached hydrogens (tertiary/aromatic N) is 5. The number of carbonyl (C=O) groups is 1. The Morgan fingerprint density at radius 3 is 2.62 bits per heavy atom. The van der Waals surface area contributed by atoms with Crippen LogP contribution in [0.3, 0.4) is 0 Å². The number of pyridine rings is 1. The van der Waals surface area contributed by atoms with E-state index in [9.17, 15) is 9.59 Å². The van der Waals surface area contributed by atoms with E-state index in [0.29, 0.717) is 11.5 Å². The predicted octanol–water partition coefficient (Wildman–Crippen LogP) is 1.88. The molecule has 0 aliphatic rings. The third-order valence-electron chi connectivity index (χ3n) is 2.96. The number of halogens is 1. The summed E-state index contributed by atoms with van der Waals surface area (Å²) in [5, 5.41) is 10.2. The average molecular weight is 381 g/mol. The van der Waals surface area contributed by atoms with Crippen molar-refractivity contribution in [2.45, 2.75) is 26.4 Å². The van der Waals surface area contributed by atoms with Gasteiger partial charge in [-0.15, -0.1) is 17.5 Å². The number of ether oxygens (including phenoxy) is 2. The summed E-state index contributed by atoms with van der Waals surface area (Å²) in [6, 6.07) is 3.04. The van der Waals surface area contributed by atoms with Crippen LogP contribution in [0.15, 0.2) is 41.7 Å². The van der Waals surface area contributed by atoms with Crippen molar-refractivity contribution in [3.63, 3.8) is 0 Å². The highest BCUT2D eigenvalue weighted by molar-refractivity contribution is 5.85. The number of nitrogens with one attached hydrogen (secondary N) is 1. The number of H-pyrrole nitrogens is 1. The molecule has 3 rings (SSSR count). The normalized spacial score (nSPS) is 10.9. The van der Waals surface area contributed by atoms with Crippen LogP contribution in [0, 0.1) is 0 Å². The molecule has 0 unspecified atom stereocenters. The second-order valence-electron chi connectivity index (χ2n) is 6.07. The van der Waals surface area contributed by atoms with Gasteiger partial charge in [0.1, 0.15) is 5.60 Å². The van der Waals surface area contributed by atoms with Crippen molar-refractivity contribution in [2.75, 3.05) is 0 Å². The molecular weight excluding hydrogens is 364 g/mol. The highest BCUT2D eigenvalue weighted by Crippen LogP contribution is 2.14. The molecule has 0 saturated carbocycles. The minimum absolute atomic E-state index is 0. The zero-order chi connectivity index (χ0) is 18.0. The first-order valence-electron chi connectivity index (χ1n) is 7.38. The Kier molecular flexibility index (Phi) is 5.46. The average Bonchev–Trinajstić information content (AvgIpc) is 3.15. The predicted molar refractivity (Wildman–Crippen MR) is 93.2 cm³/mol. The van der Waals surface area contributed by atoms with Gasteiger partial charge < -0.3 is 9.47 Å². The number of hydrogen-bond acceptors (Lipinski definition) is 7. The molecular formula is C15H17ClN6O4. The van der Waals surface area contributed by atoms with Gasteiger partial charge in [0.2, 0.25) is 0 Å². The lowest BCUT2D eigenvalue weighted by atomic mass is 10.2. The fourth-order valence-electron chi connectivity index (χ4n) is 1.96. The van der Waals surface area contributed by atoms with E-state index >= 15 is 0 Å². The van der Waals surface area contributed by atoms with Gasteiger partial charge in [0.05, 0.1) is 24.8 Å². The fourth-order valence-corrected chi connectivity index (χ4v) is 1.96. The van der Waals surface area contributed by atoms with E-state index in [4.69, 9.17) is 9.47 Å². The van der Waals surface area contributed by atoms with E-state index in [2.05, 4.69) is 20.4 Å². The molecule has 3 aromatic heterocycles. The highest BCUT2D eigenvalue weighted by atomic mass is 35.5. The minimum atomic E-state index is -0.826. The second-order valence-corrected chi connectivity index (χ2v) is 6.07. The van der Waals surface area contributed by atoms with Crippen LogP contribution in [0.5, 0.6) is 5.75 Å². The Balaban J connectivity index is 0.00000243. The van der Waals surface area contributed by atoms with Crippen LogP contribution in [-0.2, 0) is 4.74 Å². The molecule has 26 heavy (non-hydrogen) atoms. The van der Waals surface area contributed by atoms with Crippen LogP contribution in [-0.4, -0.2) is 41.5 Å². The Hall–Kier alpha value is -3.14. The smallest absolute Gasteiger partial charge is 0.428 e. The summed E-state index contributed by atoms with van der Waals surface area (Å²) in [5.41, 5.74) is -0.702. The number of carbonyl (C=O) groups excluding carboxylic acids is 1. The fraction of sp³-hybridized carbons (Fsp3) is 0.267. The summed E-state index contributed by atoms with van der Waals surface area (Å²) in [6.07, 6.45) is 5.01. The van der Waals surface area contributed by atoms with Gasteiger partial charge in [-0.2, -0.15) is 4.68 Å². The SMILES string of the molecule is CC(C)(C)OC(=O)Oc1ccc(-n2[nH]cc(-n3ccnn3)c2=O)nc1.Cl. The Labute approximate surface area is 154 Å². The van der Waals surface area contributed by atoms with Crippen LogP contribution in [0.4, 0.5) is 4.79 Å². The third kappa shape index (κ3) is 4.28. The summed E-state index contributed by atoms with van der Waals surface area (Å²) >= 11 is 0. The summed E-state index contributed by atoms with van der Waals surface area (Å²) in [5.74, 6) is 0.530. The molecule has 0 aliphatic heterocycles. The van der Waals surface area contributed by atoms with Crippen molar-refractivity contribution < 1.29 is 14.3 Å². The summed E-state index contributed by atoms with van der Waals surface area (Å²) < 4.78 is 12.7. The van der Waals surface area contributed by atoms with Crippen LogP contribution >= 0.6 is 12.4 Å². The summed E-state index contributed by atoms with van der Waals surface area (Å²) in [6.45, 7) is 5.21. The second kappa shape index (κ2) is 7.40. The summed E-state index contributed by atoms with van der Waals surface area (Å²) in [4.78, 5) is 28.1. The van der Waals surface area contributed by atoms with E-state index in [0.717, 1.165) is 0 Å². The van der Waals surface area contributed by atoms with Crippen LogP contribution in [0.25, 0.3) is 11.5 Å². The van der Waals surface area contributed by atoms with E-state index in [1.165, 1.54) is 40.1 Å². The highest BCUT2D eigenvalue weighted by Gasteiger charge is 2.18. The standard InChI is InChI=1S/C15H16N6O4.ClH/c1-15(2,3)25-14(23)24-10-4-5-12(16-8-10)21-13(22)11(9-18-21)20-7-6-17-19-20;/h4-9,18H,1-3H3;1H. The molecule has 0 atom stereocenters. The van der Waals surface area contributed by atoms with Crippen molar-refractivity contribution >= 4 is 18.6 Å². The number of aromatic nitrogens is 6. The lowest BCUT2D eigenvalue weighted by Gasteiger charge is -2.18. The number of aromatic amines is 1. The lowest BCUT2D eigenvalue weighted by molar-refractivity contribution is 0.0205. The lowest BCUT2D eigenvalue weighted by Crippen LogP contribution is -2.26. The van der Waals surface area contributed by atoms with Crippen LogP contribution < -0.4 is 10.3 Å². The molecule has 0 aromatic carbocycles. The molecule has 10 nitrogen and oxygen atoms in total. The maximum Gasteiger partial charge on any atom is 0.514 e. The molecule has 0 radical (unpaired) electrons. The van der Waals surface area contributed by atoms with Crippen molar-refractivity contribution in [2.24, 2.45) is 0 Å². The van der Waals surface area contributed by atoms with Crippen LogP contribution in [0.2, 0.25) is 0 Å². The molecule has 0 saturated heterocycles. The van der Waals surface area contributed by atoms with Crippen molar-refractivity contribution in [3.8, 4) is 17.3 Å². The molecule has 138 valence electrons. The van der Waals surface area contributed by atoms with Gasteiger partial charge in [-0.3, -0.25) is 9.89 Å². The Morgan fingerprint density at radius 1 is 1.27 bits per heavy atom. The van der Waals surface area contributed by atoms with E-state index in [1.807, 2.05) is 0 Å². The van der Waals surface area contributed by atoms with E-state index in [1.54, 1.807) is 27.0 Å². The molecule has 11 heteroatoms. The zero-order valence-electron chi connectivity index (χ0n) is 14.2. The first kappa shape index (κ1) is 19.2. The Morgan fingerprint density at radius 2 is 2.04 bits per heavy atom. The molecule has 1 N–H and O–H groups in total. The molecule has 3 heterocycles. The van der Waals surface area contributed by atoms with Gasteiger partial charge in [0, 0.05) is 0 Å². The third-order valence-corrected chi connectivity index (χ3v) is 2.96. The monoisotopic (exact) mass is 380 g/mol. The molecule has 0 fully saturated rings.